The molecule has 40 heavy (non-hydrogen) atoms. The summed E-state index contributed by atoms with van der Waals surface area (Å²) >= 11 is 0. The third-order valence-electron chi connectivity index (χ3n) is 6.18. The molecule has 0 aliphatic rings. The zero-order chi connectivity index (χ0) is 28.9. The van der Waals surface area contributed by atoms with Gasteiger partial charge in [0.2, 0.25) is 5.75 Å². The summed E-state index contributed by atoms with van der Waals surface area (Å²) in [5.41, 5.74) is 2.43. The van der Waals surface area contributed by atoms with Crippen LogP contribution < -0.4 is 4.74 Å². The van der Waals surface area contributed by atoms with Crippen LogP contribution in [0.4, 0.5) is 30.7 Å². The average molecular weight is 557 g/mol. The zero-order valence-electron chi connectivity index (χ0n) is 21.3. The second-order valence-corrected chi connectivity index (χ2v) is 9.09. The lowest BCUT2D eigenvalue weighted by Gasteiger charge is -2.10. The Labute approximate surface area is 227 Å². The van der Waals surface area contributed by atoms with E-state index in [1.54, 1.807) is 12.1 Å². The van der Waals surface area contributed by atoms with Gasteiger partial charge < -0.3 is 4.74 Å². The molecule has 0 radical (unpaired) electrons. The van der Waals surface area contributed by atoms with Crippen LogP contribution >= 0.6 is 0 Å². The predicted molar refractivity (Wildman–Crippen MR) is 139 cm³/mol. The molecule has 4 rings (SSSR count). The highest BCUT2D eigenvalue weighted by atomic mass is 19.4. The smallest absolute Gasteiger partial charge is 0.399 e. The summed E-state index contributed by atoms with van der Waals surface area (Å²) < 4.78 is 98.1. The normalized spacial score (nSPS) is 11.2. The molecule has 206 valence electrons. The predicted octanol–water partition coefficient (Wildman–Crippen LogP) is 9.61. The first-order valence-electron chi connectivity index (χ1n) is 12.5. The van der Waals surface area contributed by atoms with Gasteiger partial charge in [-0.1, -0.05) is 80.1 Å². The molecule has 0 atom stereocenters. The van der Waals surface area contributed by atoms with Crippen LogP contribution in [0.15, 0.2) is 72.8 Å². The van der Waals surface area contributed by atoms with Gasteiger partial charge in [0, 0.05) is 22.3 Å². The van der Waals surface area contributed by atoms with Crippen LogP contribution in [0.1, 0.15) is 42.9 Å². The van der Waals surface area contributed by atoms with Gasteiger partial charge in [-0.05, 0) is 53.8 Å². The quantitative estimate of drug-likeness (QED) is 0.125. The van der Waals surface area contributed by atoms with Gasteiger partial charge in [0.05, 0.1) is 0 Å². The fourth-order valence-corrected chi connectivity index (χ4v) is 4.15. The molecule has 0 saturated carbocycles. The number of aryl methyl sites for hydroxylation is 1. The average Bonchev–Trinajstić information content (AvgIpc) is 2.92. The monoisotopic (exact) mass is 556 g/mol. The van der Waals surface area contributed by atoms with Gasteiger partial charge in [-0.25, -0.2) is 17.6 Å². The number of rotatable bonds is 7. The van der Waals surface area contributed by atoms with Gasteiger partial charge in [0.15, 0.2) is 23.3 Å². The first kappa shape index (κ1) is 28.8. The number of unbranched alkanes of at least 4 members (excludes halogenated alkanes) is 2. The molecule has 4 aromatic rings. The van der Waals surface area contributed by atoms with Crippen LogP contribution in [0.5, 0.6) is 5.75 Å². The molecule has 0 bridgehead atoms. The van der Waals surface area contributed by atoms with Crippen molar-refractivity contribution in [2.75, 3.05) is 0 Å². The first-order chi connectivity index (χ1) is 19.1. The van der Waals surface area contributed by atoms with Crippen LogP contribution in [0.3, 0.4) is 0 Å². The third kappa shape index (κ3) is 7.03. The Morgan fingerprint density at radius 2 is 1.15 bits per heavy atom. The van der Waals surface area contributed by atoms with Crippen molar-refractivity contribution >= 4 is 0 Å². The van der Waals surface area contributed by atoms with Crippen molar-refractivity contribution in [3.05, 3.63) is 113 Å². The Bertz CT molecular complexity index is 1520. The van der Waals surface area contributed by atoms with Crippen LogP contribution in [-0.2, 0) is 6.42 Å². The maximum absolute atomic E-state index is 15.0. The summed E-state index contributed by atoms with van der Waals surface area (Å²) in [7, 11) is 0. The van der Waals surface area contributed by atoms with Gasteiger partial charge in [-0.2, -0.15) is 0 Å². The van der Waals surface area contributed by atoms with Crippen molar-refractivity contribution in [2.24, 2.45) is 0 Å². The lowest BCUT2D eigenvalue weighted by Crippen LogP contribution is -2.19. The van der Waals surface area contributed by atoms with E-state index >= 15 is 8.78 Å². The van der Waals surface area contributed by atoms with E-state index in [0.717, 1.165) is 31.2 Å². The zero-order valence-corrected chi connectivity index (χ0v) is 21.3. The maximum Gasteiger partial charge on any atom is 0.573 e. The number of hydrogen-bond donors (Lipinski definition) is 0. The highest BCUT2D eigenvalue weighted by Crippen LogP contribution is 2.32. The Balaban J connectivity index is 1.51. The summed E-state index contributed by atoms with van der Waals surface area (Å²) in [6.07, 6.45) is -0.994. The second-order valence-electron chi connectivity index (χ2n) is 9.09. The van der Waals surface area contributed by atoms with E-state index < -0.39 is 35.4 Å². The first-order valence-corrected chi connectivity index (χ1v) is 12.5. The molecule has 0 aliphatic heterocycles. The Hall–Kier alpha value is -4.25. The van der Waals surface area contributed by atoms with Crippen molar-refractivity contribution in [2.45, 2.75) is 39.0 Å². The number of halogens is 7. The lowest BCUT2D eigenvalue weighted by atomic mass is 9.97. The van der Waals surface area contributed by atoms with E-state index in [9.17, 15) is 22.0 Å². The summed E-state index contributed by atoms with van der Waals surface area (Å²) in [4.78, 5) is 0. The molecule has 0 aliphatic carbocycles. The molecule has 0 heterocycles. The number of hydrogen-bond acceptors (Lipinski definition) is 1. The number of ether oxygens (including phenoxy) is 1. The van der Waals surface area contributed by atoms with Crippen molar-refractivity contribution in [3.63, 3.8) is 0 Å². The molecule has 0 spiro atoms. The Kier molecular flexibility index (Phi) is 8.83. The Morgan fingerprint density at radius 3 is 1.65 bits per heavy atom. The topological polar surface area (TPSA) is 9.23 Å². The molecule has 0 amide bonds. The minimum absolute atomic E-state index is 0.0429. The van der Waals surface area contributed by atoms with E-state index in [1.807, 2.05) is 12.1 Å². The Morgan fingerprint density at radius 1 is 0.650 bits per heavy atom. The largest absolute Gasteiger partial charge is 0.573 e. The van der Waals surface area contributed by atoms with Crippen molar-refractivity contribution < 1.29 is 35.5 Å². The number of alkyl halides is 3. The van der Waals surface area contributed by atoms with Crippen molar-refractivity contribution in [1.82, 2.24) is 0 Å². The van der Waals surface area contributed by atoms with Crippen LogP contribution in [-0.4, -0.2) is 6.36 Å². The van der Waals surface area contributed by atoms with E-state index in [4.69, 9.17) is 0 Å². The molecule has 0 fully saturated rings. The summed E-state index contributed by atoms with van der Waals surface area (Å²) in [6.45, 7) is 2.13. The van der Waals surface area contributed by atoms with Crippen molar-refractivity contribution in [3.8, 4) is 39.8 Å². The summed E-state index contributed by atoms with van der Waals surface area (Å²) in [6, 6.07) is 17.6. The van der Waals surface area contributed by atoms with Gasteiger partial charge in [-0.3, -0.25) is 0 Å². The number of benzene rings is 4. The molecular weight excluding hydrogens is 533 g/mol. The molecule has 4 aromatic carbocycles. The van der Waals surface area contributed by atoms with E-state index in [-0.39, 0.29) is 16.7 Å². The molecule has 0 saturated heterocycles. The second kappa shape index (κ2) is 12.3. The third-order valence-corrected chi connectivity index (χ3v) is 6.18. The molecule has 8 heteroatoms. The van der Waals surface area contributed by atoms with E-state index in [0.29, 0.717) is 28.8 Å². The molecular formula is C32H23F7O. The van der Waals surface area contributed by atoms with E-state index in [2.05, 4.69) is 23.5 Å². The summed E-state index contributed by atoms with van der Waals surface area (Å²) in [5, 5.41) is 0. The lowest BCUT2D eigenvalue weighted by molar-refractivity contribution is -0.276. The fourth-order valence-electron chi connectivity index (χ4n) is 4.15. The minimum atomic E-state index is -5.25. The van der Waals surface area contributed by atoms with Crippen LogP contribution in [0.25, 0.3) is 22.3 Å². The van der Waals surface area contributed by atoms with Gasteiger partial charge >= 0.3 is 6.36 Å². The van der Waals surface area contributed by atoms with Gasteiger partial charge in [0.1, 0.15) is 0 Å². The van der Waals surface area contributed by atoms with E-state index in [1.165, 1.54) is 36.4 Å². The van der Waals surface area contributed by atoms with Crippen LogP contribution in [0.2, 0.25) is 0 Å². The maximum atomic E-state index is 15.0. The fraction of sp³-hybridized carbons (Fsp3) is 0.188. The van der Waals surface area contributed by atoms with Gasteiger partial charge in [-0.15, -0.1) is 13.2 Å². The SMILES string of the molecule is CCCCCc1ccc(-c2ccc(-c3ccc(C#Cc4cc(F)c(OC(F)(F)F)c(F)c4)cc3)c(F)c2F)cc1. The standard InChI is InChI=1S/C32H23F7O/c1-2-3-4-5-20-8-12-23(13-9-20)25-16-17-26(30(36)29(25)35)24-14-10-21(11-15-24)6-7-22-18-27(33)31(28(34)19-22)40-32(37,38)39/h8-19H,2-5H2,1H3. The highest BCUT2D eigenvalue weighted by Gasteiger charge is 2.34. The van der Waals surface area contributed by atoms with Crippen LogP contribution in [0, 0.1) is 35.1 Å². The minimum Gasteiger partial charge on any atom is -0.399 e. The summed E-state index contributed by atoms with van der Waals surface area (Å²) in [5.74, 6) is -1.57. The molecule has 0 N–H and O–H groups in total. The molecule has 0 aromatic heterocycles. The van der Waals surface area contributed by atoms with Crippen molar-refractivity contribution in [1.29, 1.82) is 0 Å². The molecule has 0 unspecified atom stereocenters. The highest BCUT2D eigenvalue weighted by molar-refractivity contribution is 5.72. The molecule has 1 nitrogen and oxygen atoms in total. The van der Waals surface area contributed by atoms with Gasteiger partial charge in [0.25, 0.3) is 0 Å².